The van der Waals surface area contributed by atoms with Crippen molar-refractivity contribution in [3.8, 4) is 0 Å². The second kappa shape index (κ2) is 4.98. The van der Waals surface area contributed by atoms with Crippen LogP contribution in [0.5, 0.6) is 0 Å². The smallest absolute Gasteiger partial charge is 0.258 e. The molecule has 2 aromatic rings. The molecule has 0 aliphatic rings. The van der Waals surface area contributed by atoms with E-state index in [1.165, 1.54) is 6.20 Å². The Balaban J connectivity index is 2.37. The maximum absolute atomic E-state index is 13.6. The summed E-state index contributed by atoms with van der Waals surface area (Å²) < 4.78 is 49.3. The lowest BCUT2D eigenvalue weighted by Gasteiger charge is -2.08. The molecule has 1 heterocycles. The molecule has 10 heteroatoms. The summed E-state index contributed by atoms with van der Waals surface area (Å²) in [4.78, 5) is 10.9. The van der Waals surface area contributed by atoms with Crippen molar-refractivity contribution in [2.75, 3.05) is 5.32 Å². The molecular weight excluding hydrogens is 294 g/mol. The number of hydrogen-bond acceptors (Lipinski definition) is 4. The average Bonchev–Trinajstić information content (AvgIpc) is 2.85. The van der Waals surface area contributed by atoms with Gasteiger partial charge >= 0.3 is 0 Å². The molecule has 0 bridgehead atoms. The number of rotatable bonds is 3. The van der Waals surface area contributed by atoms with Crippen LogP contribution in [0.3, 0.4) is 0 Å². The highest BCUT2D eigenvalue weighted by Crippen LogP contribution is 2.23. The lowest BCUT2D eigenvalue weighted by Crippen LogP contribution is -2.16. The van der Waals surface area contributed by atoms with Crippen molar-refractivity contribution in [3.63, 3.8) is 0 Å². The molecule has 0 aliphatic heterocycles. The van der Waals surface area contributed by atoms with E-state index < -0.39 is 38.1 Å². The molecule has 0 aliphatic carbocycles. The maximum atomic E-state index is 13.6. The van der Waals surface area contributed by atoms with Crippen molar-refractivity contribution < 1.29 is 22.0 Å². The van der Waals surface area contributed by atoms with Gasteiger partial charge in [-0.2, -0.15) is 5.10 Å². The highest BCUT2D eigenvalue weighted by Gasteiger charge is 2.19. The van der Waals surface area contributed by atoms with Crippen molar-refractivity contribution in [3.05, 3.63) is 41.7 Å². The van der Waals surface area contributed by atoms with E-state index in [0.29, 0.717) is 12.1 Å². The number of carbonyl (C=O) groups is 1. The Morgan fingerprint density at radius 3 is 2.35 bits per heavy atom. The van der Waals surface area contributed by atoms with E-state index in [0.717, 1.165) is 6.20 Å². The number of aromatic amines is 1. The monoisotopic (exact) mass is 302 g/mol. The molecule has 1 amide bonds. The minimum Gasteiger partial charge on any atom is -0.317 e. The number of nitrogens with one attached hydrogen (secondary N) is 2. The highest BCUT2D eigenvalue weighted by atomic mass is 32.2. The third kappa shape index (κ3) is 2.81. The zero-order valence-electron chi connectivity index (χ0n) is 9.72. The molecule has 0 saturated heterocycles. The minimum absolute atomic E-state index is 0.0549. The first-order valence-electron chi connectivity index (χ1n) is 5.11. The Morgan fingerprint density at radius 2 is 1.90 bits per heavy atom. The van der Waals surface area contributed by atoms with Crippen LogP contribution in [-0.2, 0) is 10.0 Å². The van der Waals surface area contributed by atoms with Gasteiger partial charge in [-0.1, -0.05) is 0 Å². The van der Waals surface area contributed by atoms with Gasteiger partial charge in [0.2, 0.25) is 10.0 Å². The first-order valence-corrected chi connectivity index (χ1v) is 6.65. The van der Waals surface area contributed by atoms with Gasteiger partial charge in [0, 0.05) is 6.20 Å². The van der Waals surface area contributed by atoms with Gasteiger partial charge in [0.25, 0.3) is 5.91 Å². The molecule has 0 spiro atoms. The van der Waals surface area contributed by atoms with E-state index in [2.05, 4.69) is 10.2 Å². The first kappa shape index (κ1) is 14.1. The van der Waals surface area contributed by atoms with E-state index >= 15 is 0 Å². The molecule has 1 aromatic carbocycles. The number of halogens is 2. The summed E-state index contributed by atoms with van der Waals surface area (Å²) in [5.41, 5.74) is -0.720. The number of carbonyl (C=O) groups excluding carboxylic acids is 1. The molecule has 0 saturated carbocycles. The van der Waals surface area contributed by atoms with Crippen LogP contribution in [0.15, 0.2) is 29.4 Å². The van der Waals surface area contributed by atoms with Gasteiger partial charge in [-0.3, -0.25) is 9.89 Å². The molecule has 0 radical (unpaired) electrons. The Bertz CT molecular complexity index is 736. The van der Waals surface area contributed by atoms with Gasteiger partial charge in [0.05, 0.1) is 16.7 Å². The van der Waals surface area contributed by atoms with Crippen molar-refractivity contribution in [1.82, 2.24) is 10.2 Å². The molecule has 1 aromatic heterocycles. The summed E-state index contributed by atoms with van der Waals surface area (Å²) in [6.07, 6.45) is 2.38. The Labute approximate surface area is 111 Å². The predicted molar refractivity (Wildman–Crippen MR) is 64.3 cm³/mol. The second-order valence-corrected chi connectivity index (χ2v) is 5.31. The van der Waals surface area contributed by atoms with Crippen LogP contribution in [-0.4, -0.2) is 24.5 Å². The number of hydrogen-bond donors (Lipinski definition) is 3. The normalized spacial score (nSPS) is 11.3. The van der Waals surface area contributed by atoms with Crippen LogP contribution in [0.1, 0.15) is 10.4 Å². The van der Waals surface area contributed by atoms with Gasteiger partial charge in [-0.25, -0.2) is 22.3 Å². The van der Waals surface area contributed by atoms with Crippen LogP contribution < -0.4 is 10.5 Å². The topological polar surface area (TPSA) is 118 Å². The van der Waals surface area contributed by atoms with Crippen LogP contribution >= 0.6 is 0 Å². The maximum Gasteiger partial charge on any atom is 0.258 e. The largest absolute Gasteiger partial charge is 0.317 e. The molecule has 2 rings (SSSR count). The van der Waals surface area contributed by atoms with E-state index in [-0.39, 0.29) is 5.56 Å². The molecule has 0 atom stereocenters. The number of primary sulfonamides is 1. The van der Waals surface area contributed by atoms with Crippen LogP contribution in [0.2, 0.25) is 0 Å². The van der Waals surface area contributed by atoms with Crippen LogP contribution in [0.25, 0.3) is 0 Å². The molecule has 0 unspecified atom stereocenters. The zero-order chi connectivity index (χ0) is 14.9. The number of benzene rings is 1. The quantitative estimate of drug-likeness (QED) is 0.768. The standard InChI is InChI=1S/C10H8F2N4O3S/c11-7-1-6(20(13,18)19)2-8(12)9(7)16-10(17)5-3-14-15-4-5/h1-4H,(H,14,15)(H,16,17)(H2,13,18,19). The highest BCUT2D eigenvalue weighted by molar-refractivity contribution is 7.89. The fourth-order valence-electron chi connectivity index (χ4n) is 1.39. The predicted octanol–water partition coefficient (Wildman–Crippen LogP) is 0.588. The van der Waals surface area contributed by atoms with Crippen LogP contribution in [0.4, 0.5) is 14.5 Å². The number of H-pyrrole nitrogens is 1. The summed E-state index contributed by atoms with van der Waals surface area (Å²) in [5.74, 6) is -3.32. The molecular formula is C10H8F2N4O3S. The minimum atomic E-state index is -4.24. The number of aromatic nitrogens is 2. The molecule has 4 N–H and O–H groups in total. The van der Waals surface area contributed by atoms with E-state index in [1.54, 1.807) is 0 Å². The summed E-state index contributed by atoms with van der Waals surface area (Å²) in [7, 11) is -4.24. The van der Waals surface area contributed by atoms with Gasteiger partial charge in [0.15, 0.2) is 11.6 Å². The van der Waals surface area contributed by atoms with Gasteiger partial charge in [-0.15, -0.1) is 0 Å². The van der Waals surface area contributed by atoms with Crippen LogP contribution in [0, 0.1) is 11.6 Å². The Kier molecular flexibility index (Phi) is 3.51. The Hall–Kier alpha value is -2.33. The summed E-state index contributed by atoms with van der Waals surface area (Å²) >= 11 is 0. The van der Waals surface area contributed by atoms with Gasteiger partial charge < -0.3 is 5.32 Å². The third-order valence-electron chi connectivity index (χ3n) is 2.34. The lowest BCUT2D eigenvalue weighted by atomic mass is 10.2. The van der Waals surface area contributed by atoms with E-state index in [9.17, 15) is 22.0 Å². The molecule has 7 nitrogen and oxygen atoms in total. The van der Waals surface area contributed by atoms with Crippen molar-refractivity contribution in [2.45, 2.75) is 4.90 Å². The number of amides is 1. The Morgan fingerprint density at radius 1 is 1.30 bits per heavy atom. The SMILES string of the molecule is NS(=O)(=O)c1cc(F)c(NC(=O)c2cn[nH]c2)c(F)c1. The zero-order valence-corrected chi connectivity index (χ0v) is 10.5. The number of nitrogens with two attached hydrogens (primary N) is 1. The fraction of sp³-hybridized carbons (Fsp3) is 0. The van der Waals surface area contributed by atoms with Crippen molar-refractivity contribution >= 4 is 21.6 Å². The second-order valence-electron chi connectivity index (χ2n) is 3.75. The summed E-state index contributed by atoms with van der Waals surface area (Å²) in [6.45, 7) is 0. The average molecular weight is 302 g/mol. The van der Waals surface area contributed by atoms with E-state index in [4.69, 9.17) is 5.14 Å². The number of anilines is 1. The van der Waals surface area contributed by atoms with Gasteiger partial charge in [0.1, 0.15) is 5.69 Å². The molecule has 20 heavy (non-hydrogen) atoms. The van der Waals surface area contributed by atoms with Crippen molar-refractivity contribution in [2.24, 2.45) is 5.14 Å². The van der Waals surface area contributed by atoms with E-state index in [1.807, 2.05) is 5.32 Å². The molecule has 0 fully saturated rings. The fourth-order valence-corrected chi connectivity index (χ4v) is 1.93. The van der Waals surface area contributed by atoms with Crippen molar-refractivity contribution in [1.29, 1.82) is 0 Å². The summed E-state index contributed by atoms with van der Waals surface area (Å²) in [6, 6.07) is 1.03. The first-order chi connectivity index (χ1) is 9.29. The third-order valence-corrected chi connectivity index (χ3v) is 3.24. The summed E-state index contributed by atoms with van der Waals surface area (Å²) in [5, 5.41) is 12.6. The number of nitrogens with zero attached hydrogens (tertiary/aromatic N) is 1. The number of sulfonamides is 1. The lowest BCUT2D eigenvalue weighted by molar-refractivity contribution is 0.102. The van der Waals surface area contributed by atoms with Gasteiger partial charge in [-0.05, 0) is 12.1 Å². The molecule has 106 valence electrons.